The fraction of sp³-hybridized carbons (Fsp3) is 0.190. The number of thiophene rings is 1. The molecule has 1 aliphatic rings. The van der Waals surface area contributed by atoms with Crippen molar-refractivity contribution >= 4 is 22.2 Å². The van der Waals surface area contributed by atoms with Gasteiger partial charge in [0.1, 0.15) is 0 Å². The zero-order valence-electron chi connectivity index (χ0n) is 14.3. The number of rotatable bonds is 3. The van der Waals surface area contributed by atoms with Crippen molar-refractivity contribution in [1.82, 2.24) is 19.9 Å². The summed E-state index contributed by atoms with van der Waals surface area (Å²) < 4.78 is 0. The van der Waals surface area contributed by atoms with Gasteiger partial charge in [0.05, 0.1) is 16.1 Å². The number of fused-ring (bicyclic) bond motifs is 2. The average Bonchev–Trinajstić information content (AvgIpc) is 3.23. The molecule has 128 valence electrons. The Hall–Kier alpha value is -2.63. The largest absolute Gasteiger partial charge is 0.294 e. The summed E-state index contributed by atoms with van der Waals surface area (Å²) in [6, 6.07) is 14.6. The second kappa shape index (κ2) is 6.59. The number of pyridine rings is 1. The second-order valence-electron chi connectivity index (χ2n) is 6.59. The van der Waals surface area contributed by atoms with E-state index in [0.29, 0.717) is 0 Å². The Bertz CT molecular complexity index is 1050. The van der Waals surface area contributed by atoms with E-state index in [2.05, 4.69) is 50.6 Å². The van der Waals surface area contributed by atoms with Gasteiger partial charge in [-0.15, -0.1) is 11.3 Å². The minimum Gasteiger partial charge on any atom is -0.294 e. The molecule has 0 bridgehead atoms. The molecule has 0 atom stereocenters. The first kappa shape index (κ1) is 15.6. The Kier molecular flexibility index (Phi) is 3.96. The van der Waals surface area contributed by atoms with Gasteiger partial charge >= 0.3 is 0 Å². The molecule has 0 saturated carbocycles. The van der Waals surface area contributed by atoms with Crippen molar-refractivity contribution < 1.29 is 0 Å². The van der Waals surface area contributed by atoms with E-state index in [4.69, 9.17) is 4.98 Å². The first-order valence-electron chi connectivity index (χ1n) is 8.80. The van der Waals surface area contributed by atoms with Gasteiger partial charge in [0.2, 0.25) is 0 Å². The quantitative estimate of drug-likeness (QED) is 0.547. The highest BCUT2D eigenvalue weighted by Crippen LogP contribution is 2.25. The van der Waals surface area contributed by atoms with E-state index in [1.807, 2.05) is 24.5 Å². The van der Waals surface area contributed by atoms with Crippen LogP contribution < -0.4 is 0 Å². The Balaban J connectivity index is 1.39. The molecular formula is C21H18N4S. The minimum absolute atomic E-state index is 0.854. The zero-order chi connectivity index (χ0) is 17.3. The summed E-state index contributed by atoms with van der Waals surface area (Å²) in [7, 11) is 0. The van der Waals surface area contributed by atoms with Crippen LogP contribution in [0, 0.1) is 0 Å². The number of nitrogens with zero attached hydrogens (tertiary/aromatic N) is 4. The molecule has 26 heavy (non-hydrogen) atoms. The first-order valence-corrected chi connectivity index (χ1v) is 9.68. The van der Waals surface area contributed by atoms with Gasteiger partial charge in [-0.25, -0.2) is 9.97 Å². The molecule has 0 spiro atoms. The molecule has 0 amide bonds. The van der Waals surface area contributed by atoms with Gasteiger partial charge in [-0.3, -0.25) is 9.88 Å². The van der Waals surface area contributed by atoms with Crippen LogP contribution in [0.25, 0.3) is 21.6 Å². The summed E-state index contributed by atoms with van der Waals surface area (Å²) >= 11 is 1.69. The van der Waals surface area contributed by atoms with E-state index < -0.39 is 0 Å². The number of para-hydroxylation sites is 1. The van der Waals surface area contributed by atoms with Gasteiger partial charge in [-0.2, -0.15) is 0 Å². The van der Waals surface area contributed by atoms with Crippen LogP contribution >= 0.6 is 11.3 Å². The van der Waals surface area contributed by atoms with Crippen molar-refractivity contribution in [2.24, 2.45) is 0 Å². The van der Waals surface area contributed by atoms with Crippen LogP contribution in [0.2, 0.25) is 0 Å². The van der Waals surface area contributed by atoms with Gasteiger partial charge in [0.25, 0.3) is 0 Å². The summed E-state index contributed by atoms with van der Waals surface area (Å²) in [5.41, 5.74) is 4.83. The van der Waals surface area contributed by atoms with Crippen LogP contribution in [0.15, 0.2) is 60.2 Å². The Morgan fingerprint density at radius 2 is 2.00 bits per heavy atom. The number of benzene rings is 1. The summed E-state index contributed by atoms with van der Waals surface area (Å²) in [4.78, 5) is 17.5. The van der Waals surface area contributed by atoms with E-state index in [9.17, 15) is 0 Å². The van der Waals surface area contributed by atoms with Crippen LogP contribution in [-0.4, -0.2) is 26.4 Å². The minimum atomic E-state index is 0.854. The van der Waals surface area contributed by atoms with Crippen molar-refractivity contribution in [3.05, 3.63) is 77.1 Å². The lowest BCUT2D eigenvalue weighted by Gasteiger charge is -2.28. The summed E-state index contributed by atoms with van der Waals surface area (Å²) in [6.07, 6.45) is 4.89. The maximum absolute atomic E-state index is 4.81. The van der Waals surface area contributed by atoms with Gasteiger partial charge in [-0.1, -0.05) is 24.3 Å². The van der Waals surface area contributed by atoms with Crippen molar-refractivity contribution in [3.63, 3.8) is 0 Å². The molecule has 4 nitrogen and oxygen atoms in total. The molecule has 4 aromatic rings. The first-order chi connectivity index (χ1) is 12.9. The monoisotopic (exact) mass is 358 g/mol. The SMILES string of the molecule is c1csc(-c2ncc3c(n2)CCN(Cc2ccnc4ccccc24)C3)c1. The van der Waals surface area contributed by atoms with Gasteiger partial charge in [-0.05, 0) is 29.1 Å². The third kappa shape index (κ3) is 2.89. The maximum atomic E-state index is 4.81. The lowest BCUT2D eigenvalue weighted by atomic mass is 10.0. The molecule has 5 rings (SSSR count). The van der Waals surface area contributed by atoms with E-state index in [-0.39, 0.29) is 0 Å². The number of aromatic nitrogens is 3. The predicted octanol–water partition coefficient (Wildman–Crippen LogP) is 4.31. The molecule has 0 N–H and O–H groups in total. The predicted molar refractivity (Wildman–Crippen MR) is 105 cm³/mol. The second-order valence-corrected chi connectivity index (χ2v) is 7.54. The standard InChI is InChI=1S/C21H18N4S/c1-2-5-19-17(4-1)15(7-9-22-19)13-25-10-8-18-16(14-25)12-23-21(24-18)20-6-3-11-26-20/h1-7,9,11-12H,8,10,13-14H2. The van der Waals surface area contributed by atoms with Gasteiger partial charge in [0.15, 0.2) is 5.82 Å². The van der Waals surface area contributed by atoms with Crippen molar-refractivity contribution in [1.29, 1.82) is 0 Å². The molecule has 5 heteroatoms. The van der Waals surface area contributed by atoms with Crippen molar-refractivity contribution in [3.8, 4) is 10.7 Å². The Labute approximate surface area is 156 Å². The molecule has 0 aliphatic carbocycles. The molecule has 0 saturated heterocycles. The maximum Gasteiger partial charge on any atom is 0.169 e. The summed E-state index contributed by atoms with van der Waals surface area (Å²) in [5, 5.41) is 3.31. The van der Waals surface area contributed by atoms with Crippen LogP contribution in [0.5, 0.6) is 0 Å². The fourth-order valence-corrected chi connectivity index (χ4v) is 4.23. The third-order valence-electron chi connectivity index (χ3n) is 4.89. The van der Waals surface area contributed by atoms with Crippen LogP contribution in [-0.2, 0) is 19.5 Å². The van der Waals surface area contributed by atoms with Crippen LogP contribution in [0.1, 0.15) is 16.8 Å². The van der Waals surface area contributed by atoms with Crippen molar-refractivity contribution in [2.45, 2.75) is 19.5 Å². The lowest BCUT2D eigenvalue weighted by molar-refractivity contribution is 0.244. The van der Waals surface area contributed by atoms with E-state index >= 15 is 0 Å². The molecule has 0 radical (unpaired) electrons. The third-order valence-corrected chi connectivity index (χ3v) is 5.75. The Morgan fingerprint density at radius 1 is 1.04 bits per heavy atom. The molecule has 4 heterocycles. The molecule has 0 fully saturated rings. The molecule has 0 unspecified atom stereocenters. The lowest BCUT2D eigenvalue weighted by Crippen LogP contribution is -2.31. The van der Waals surface area contributed by atoms with E-state index in [0.717, 1.165) is 42.3 Å². The molecule has 3 aromatic heterocycles. The normalized spacial score (nSPS) is 14.5. The highest BCUT2D eigenvalue weighted by molar-refractivity contribution is 7.13. The molecular weight excluding hydrogens is 340 g/mol. The average molecular weight is 358 g/mol. The van der Waals surface area contributed by atoms with Crippen molar-refractivity contribution in [2.75, 3.05) is 6.54 Å². The summed E-state index contributed by atoms with van der Waals surface area (Å²) in [6.45, 7) is 2.84. The van der Waals surface area contributed by atoms with Crippen LogP contribution in [0.3, 0.4) is 0 Å². The number of hydrogen-bond donors (Lipinski definition) is 0. The highest BCUT2D eigenvalue weighted by Gasteiger charge is 2.19. The highest BCUT2D eigenvalue weighted by atomic mass is 32.1. The van der Waals surface area contributed by atoms with Gasteiger partial charge < -0.3 is 0 Å². The van der Waals surface area contributed by atoms with Gasteiger partial charge in [0, 0.05) is 49.4 Å². The fourth-order valence-electron chi connectivity index (χ4n) is 3.57. The van der Waals surface area contributed by atoms with E-state index in [1.54, 1.807) is 11.3 Å². The smallest absolute Gasteiger partial charge is 0.169 e. The van der Waals surface area contributed by atoms with Crippen LogP contribution in [0.4, 0.5) is 0 Å². The zero-order valence-corrected chi connectivity index (χ0v) is 15.1. The topological polar surface area (TPSA) is 41.9 Å². The Morgan fingerprint density at radius 3 is 2.92 bits per heavy atom. The summed E-state index contributed by atoms with van der Waals surface area (Å²) in [5.74, 6) is 0.854. The molecule has 1 aliphatic heterocycles. The number of hydrogen-bond acceptors (Lipinski definition) is 5. The van der Waals surface area contributed by atoms with E-state index in [1.165, 1.54) is 22.2 Å². The molecule has 1 aromatic carbocycles.